The van der Waals surface area contributed by atoms with Crippen molar-refractivity contribution in [2.24, 2.45) is 0 Å². The Balaban J connectivity index is 2.61. The van der Waals surface area contributed by atoms with Gasteiger partial charge in [-0.25, -0.2) is 0 Å². The molecule has 0 atom stereocenters. The van der Waals surface area contributed by atoms with E-state index < -0.39 is 0 Å². The number of likely N-dealkylation sites (N-methyl/N-ethyl adjacent to an activating group) is 1. The molecule has 0 saturated carbocycles. The quantitative estimate of drug-likeness (QED) is 0.907. The number of carbonyl (C=O) groups is 2. The van der Waals surface area contributed by atoms with E-state index in [1.165, 1.54) is 4.90 Å². The first kappa shape index (κ1) is 14.5. The molecule has 0 radical (unpaired) electrons. The zero-order valence-corrected chi connectivity index (χ0v) is 11.5. The molecule has 0 fully saturated rings. The molecule has 0 aliphatic heterocycles. The number of nitrogens with one attached hydrogen (secondary N) is 1. The Morgan fingerprint density at radius 2 is 1.83 bits per heavy atom. The van der Waals surface area contributed by atoms with Gasteiger partial charge in [0.05, 0.1) is 6.54 Å². The minimum Gasteiger partial charge on any atom is -0.352 e. The molecule has 1 N–H and O–H groups in total. The second-order valence-corrected chi connectivity index (χ2v) is 4.83. The monoisotopic (exact) mass is 268 g/mol. The highest BCUT2D eigenvalue weighted by Crippen LogP contribution is 2.10. The van der Waals surface area contributed by atoms with E-state index in [2.05, 4.69) is 5.32 Å². The minimum atomic E-state index is -0.203. The van der Waals surface area contributed by atoms with Crippen molar-refractivity contribution in [1.82, 2.24) is 10.2 Å². The molecule has 0 aromatic heterocycles. The normalized spacial score (nSPS) is 10.3. The van der Waals surface area contributed by atoms with Crippen LogP contribution in [0.4, 0.5) is 0 Å². The number of hydrogen-bond donors (Lipinski definition) is 1. The van der Waals surface area contributed by atoms with Crippen LogP contribution in [0.3, 0.4) is 0 Å². The summed E-state index contributed by atoms with van der Waals surface area (Å²) in [6.07, 6.45) is 0. The van der Waals surface area contributed by atoms with E-state index in [0.717, 1.165) is 0 Å². The van der Waals surface area contributed by atoms with Gasteiger partial charge >= 0.3 is 0 Å². The molecular formula is C13H17ClN2O2. The van der Waals surface area contributed by atoms with Crippen molar-refractivity contribution in [2.45, 2.75) is 19.9 Å². The predicted molar refractivity (Wildman–Crippen MR) is 71.7 cm³/mol. The standard InChI is InChI=1S/C13H17ClN2O2/c1-9(2)15-12(17)8-16(3)13(18)10-4-6-11(14)7-5-10/h4-7,9H,8H2,1-3H3,(H,15,17). The lowest BCUT2D eigenvalue weighted by Crippen LogP contribution is -2.40. The third-order valence-corrected chi connectivity index (χ3v) is 2.52. The number of nitrogens with zero attached hydrogens (tertiary/aromatic N) is 1. The summed E-state index contributed by atoms with van der Waals surface area (Å²) in [6.45, 7) is 3.79. The number of benzene rings is 1. The number of amides is 2. The molecule has 2 amide bonds. The van der Waals surface area contributed by atoms with Crippen LogP contribution in [0.1, 0.15) is 24.2 Å². The average Bonchev–Trinajstić information content (AvgIpc) is 2.27. The van der Waals surface area contributed by atoms with Crippen LogP contribution in [0.25, 0.3) is 0 Å². The topological polar surface area (TPSA) is 49.4 Å². The number of rotatable bonds is 4. The zero-order chi connectivity index (χ0) is 13.7. The largest absolute Gasteiger partial charge is 0.352 e. The van der Waals surface area contributed by atoms with E-state index in [4.69, 9.17) is 11.6 Å². The van der Waals surface area contributed by atoms with Crippen LogP contribution in [0.15, 0.2) is 24.3 Å². The third kappa shape index (κ3) is 4.37. The van der Waals surface area contributed by atoms with Gasteiger partial charge in [-0.2, -0.15) is 0 Å². The van der Waals surface area contributed by atoms with Gasteiger partial charge < -0.3 is 10.2 Å². The Hall–Kier alpha value is -1.55. The highest BCUT2D eigenvalue weighted by Gasteiger charge is 2.15. The van der Waals surface area contributed by atoms with E-state index in [-0.39, 0.29) is 24.4 Å². The molecule has 1 aromatic carbocycles. The molecule has 4 nitrogen and oxygen atoms in total. The molecule has 0 heterocycles. The Kier molecular flexibility index (Phi) is 5.16. The first-order valence-corrected chi connectivity index (χ1v) is 6.08. The summed E-state index contributed by atoms with van der Waals surface area (Å²) in [5.41, 5.74) is 0.513. The lowest BCUT2D eigenvalue weighted by atomic mass is 10.2. The first-order valence-electron chi connectivity index (χ1n) is 5.70. The second kappa shape index (κ2) is 6.40. The average molecular weight is 269 g/mol. The van der Waals surface area contributed by atoms with Crippen molar-refractivity contribution >= 4 is 23.4 Å². The van der Waals surface area contributed by atoms with Gasteiger partial charge in [0.1, 0.15) is 0 Å². The van der Waals surface area contributed by atoms with Gasteiger partial charge in [0.15, 0.2) is 0 Å². The van der Waals surface area contributed by atoms with Crippen molar-refractivity contribution in [3.8, 4) is 0 Å². The maximum absolute atomic E-state index is 12.0. The van der Waals surface area contributed by atoms with Gasteiger partial charge in [0.2, 0.25) is 5.91 Å². The fraction of sp³-hybridized carbons (Fsp3) is 0.385. The molecule has 5 heteroatoms. The van der Waals surface area contributed by atoms with Crippen LogP contribution < -0.4 is 5.32 Å². The molecule has 1 rings (SSSR count). The first-order chi connectivity index (χ1) is 8.40. The van der Waals surface area contributed by atoms with Crippen molar-refractivity contribution in [3.05, 3.63) is 34.9 Å². The Morgan fingerprint density at radius 1 is 1.28 bits per heavy atom. The van der Waals surface area contributed by atoms with E-state index in [0.29, 0.717) is 10.6 Å². The van der Waals surface area contributed by atoms with Gasteiger partial charge in [0, 0.05) is 23.7 Å². The van der Waals surface area contributed by atoms with Crippen LogP contribution >= 0.6 is 11.6 Å². The molecule has 98 valence electrons. The molecule has 0 saturated heterocycles. The summed E-state index contributed by atoms with van der Waals surface area (Å²) in [5, 5.41) is 3.31. The van der Waals surface area contributed by atoms with Crippen molar-refractivity contribution in [3.63, 3.8) is 0 Å². The molecule has 0 spiro atoms. The molecule has 18 heavy (non-hydrogen) atoms. The molecular weight excluding hydrogens is 252 g/mol. The maximum Gasteiger partial charge on any atom is 0.254 e. The van der Waals surface area contributed by atoms with Gasteiger partial charge in [-0.05, 0) is 38.1 Å². The van der Waals surface area contributed by atoms with Gasteiger partial charge in [0.25, 0.3) is 5.91 Å². The molecule has 0 aliphatic rings. The number of halogens is 1. The van der Waals surface area contributed by atoms with Crippen LogP contribution in [0, 0.1) is 0 Å². The predicted octanol–water partition coefficient (Wildman–Crippen LogP) is 1.94. The summed E-state index contributed by atoms with van der Waals surface area (Å²) in [6, 6.07) is 6.65. The van der Waals surface area contributed by atoms with E-state index in [1.54, 1.807) is 31.3 Å². The lowest BCUT2D eigenvalue weighted by molar-refractivity contribution is -0.122. The summed E-state index contributed by atoms with van der Waals surface area (Å²) in [7, 11) is 1.59. The second-order valence-electron chi connectivity index (χ2n) is 4.39. The number of carbonyl (C=O) groups excluding carboxylic acids is 2. The zero-order valence-electron chi connectivity index (χ0n) is 10.7. The van der Waals surface area contributed by atoms with Crippen LogP contribution in [-0.2, 0) is 4.79 Å². The van der Waals surface area contributed by atoms with Crippen LogP contribution in [0.5, 0.6) is 0 Å². The molecule has 1 aromatic rings. The van der Waals surface area contributed by atoms with E-state index >= 15 is 0 Å². The SMILES string of the molecule is CC(C)NC(=O)CN(C)C(=O)c1ccc(Cl)cc1. The molecule has 0 bridgehead atoms. The summed E-state index contributed by atoms with van der Waals surface area (Å²) in [4.78, 5) is 24.9. The summed E-state index contributed by atoms with van der Waals surface area (Å²) < 4.78 is 0. The maximum atomic E-state index is 12.0. The van der Waals surface area contributed by atoms with Gasteiger partial charge in [-0.3, -0.25) is 9.59 Å². The molecule has 0 aliphatic carbocycles. The van der Waals surface area contributed by atoms with Crippen molar-refractivity contribution < 1.29 is 9.59 Å². The highest BCUT2D eigenvalue weighted by molar-refractivity contribution is 6.30. The number of hydrogen-bond acceptors (Lipinski definition) is 2. The molecule has 0 unspecified atom stereocenters. The summed E-state index contributed by atoms with van der Waals surface area (Å²) >= 11 is 5.75. The summed E-state index contributed by atoms with van der Waals surface area (Å²) in [5.74, 6) is -0.375. The fourth-order valence-electron chi connectivity index (χ4n) is 1.47. The van der Waals surface area contributed by atoms with Crippen molar-refractivity contribution in [2.75, 3.05) is 13.6 Å². The third-order valence-electron chi connectivity index (χ3n) is 2.27. The Morgan fingerprint density at radius 3 is 2.33 bits per heavy atom. The lowest BCUT2D eigenvalue weighted by Gasteiger charge is -2.17. The highest BCUT2D eigenvalue weighted by atomic mass is 35.5. The smallest absolute Gasteiger partial charge is 0.254 e. The van der Waals surface area contributed by atoms with Gasteiger partial charge in [-0.1, -0.05) is 11.6 Å². The Bertz CT molecular complexity index is 429. The van der Waals surface area contributed by atoms with Crippen LogP contribution in [-0.4, -0.2) is 36.3 Å². The van der Waals surface area contributed by atoms with Crippen LogP contribution in [0.2, 0.25) is 5.02 Å². The minimum absolute atomic E-state index is 0.0413. The Labute approximate surface area is 112 Å². The van der Waals surface area contributed by atoms with Gasteiger partial charge in [-0.15, -0.1) is 0 Å². The van der Waals surface area contributed by atoms with Crippen molar-refractivity contribution in [1.29, 1.82) is 0 Å². The van der Waals surface area contributed by atoms with E-state index in [1.807, 2.05) is 13.8 Å². The van der Waals surface area contributed by atoms with E-state index in [9.17, 15) is 9.59 Å². The fourth-order valence-corrected chi connectivity index (χ4v) is 1.59.